The zero-order valence-electron chi connectivity index (χ0n) is 24.3. The van der Waals surface area contributed by atoms with Gasteiger partial charge in [0.25, 0.3) is 5.91 Å². The summed E-state index contributed by atoms with van der Waals surface area (Å²) in [7, 11) is 0. The number of carbonyl (C=O) groups is 2. The maximum Gasteiger partial charge on any atom is 0.252 e. The normalized spacial score (nSPS) is 19.4. The Hall–Kier alpha value is -3.91. The summed E-state index contributed by atoms with van der Waals surface area (Å²) >= 11 is 0. The molecule has 3 aromatic rings. The van der Waals surface area contributed by atoms with Crippen LogP contribution in [0.5, 0.6) is 0 Å². The van der Waals surface area contributed by atoms with Crippen LogP contribution in [0, 0.1) is 6.92 Å². The second-order valence-corrected chi connectivity index (χ2v) is 11.5. The number of piperazine rings is 1. The van der Waals surface area contributed by atoms with Gasteiger partial charge < -0.3 is 25.4 Å². The number of nitrogens with zero attached hydrogens (tertiary/aromatic N) is 3. The molecule has 2 aromatic heterocycles. The SMILES string of the molecule is C/C(=C/C(C)=C(\C)CNC(=O)c1cc(-c2ccc(N3CC4CC3CN4)nc2)cc2c1c(C)cn2C(C)C)NC=O. The number of pyridine rings is 1. The van der Waals surface area contributed by atoms with Crippen LogP contribution in [-0.2, 0) is 4.79 Å². The summed E-state index contributed by atoms with van der Waals surface area (Å²) in [5, 5.41) is 10.3. The fourth-order valence-corrected chi connectivity index (χ4v) is 5.96. The molecule has 2 unspecified atom stereocenters. The monoisotopic (exact) mass is 540 g/mol. The first kappa shape index (κ1) is 27.6. The van der Waals surface area contributed by atoms with Crippen molar-refractivity contribution in [2.24, 2.45) is 0 Å². The maximum absolute atomic E-state index is 13.7. The van der Waals surface area contributed by atoms with Crippen molar-refractivity contribution in [3.63, 3.8) is 0 Å². The van der Waals surface area contributed by atoms with Crippen LogP contribution in [-0.4, -0.2) is 53.6 Å². The first-order chi connectivity index (χ1) is 19.2. The summed E-state index contributed by atoms with van der Waals surface area (Å²) in [5.74, 6) is 0.906. The van der Waals surface area contributed by atoms with Gasteiger partial charge in [-0.05, 0) is 95.0 Å². The van der Waals surface area contributed by atoms with E-state index in [1.54, 1.807) is 0 Å². The van der Waals surface area contributed by atoms with E-state index in [9.17, 15) is 9.59 Å². The Morgan fingerprint density at radius 3 is 2.62 bits per heavy atom. The predicted molar refractivity (Wildman–Crippen MR) is 161 cm³/mol. The van der Waals surface area contributed by atoms with E-state index in [1.807, 2.05) is 39.1 Å². The van der Waals surface area contributed by atoms with Gasteiger partial charge in [0.1, 0.15) is 5.82 Å². The van der Waals surface area contributed by atoms with Crippen LogP contribution >= 0.6 is 0 Å². The highest BCUT2D eigenvalue weighted by Crippen LogP contribution is 2.34. The molecule has 2 aliphatic rings. The van der Waals surface area contributed by atoms with Gasteiger partial charge in [0, 0.05) is 77.9 Å². The molecule has 5 rings (SSSR count). The lowest BCUT2D eigenvalue weighted by Gasteiger charge is -2.28. The Balaban J connectivity index is 1.47. The van der Waals surface area contributed by atoms with Crippen LogP contribution in [0.2, 0.25) is 0 Å². The number of fused-ring (bicyclic) bond motifs is 3. The topological polar surface area (TPSA) is 91.3 Å². The van der Waals surface area contributed by atoms with Crippen molar-refractivity contribution in [1.29, 1.82) is 0 Å². The van der Waals surface area contributed by atoms with E-state index < -0.39 is 0 Å². The summed E-state index contributed by atoms with van der Waals surface area (Å²) in [4.78, 5) is 31.6. The summed E-state index contributed by atoms with van der Waals surface area (Å²) in [5.41, 5.74) is 7.53. The lowest BCUT2D eigenvalue weighted by Crippen LogP contribution is -2.43. The highest BCUT2D eigenvalue weighted by molar-refractivity contribution is 6.09. The van der Waals surface area contributed by atoms with Crippen LogP contribution in [0.15, 0.2) is 59.6 Å². The van der Waals surface area contributed by atoms with Crippen molar-refractivity contribution in [2.45, 2.75) is 66.1 Å². The zero-order chi connectivity index (χ0) is 28.6. The molecule has 1 aromatic carbocycles. The first-order valence-electron chi connectivity index (χ1n) is 14.1. The van der Waals surface area contributed by atoms with Gasteiger partial charge in [-0.1, -0.05) is 5.57 Å². The maximum atomic E-state index is 13.7. The molecule has 8 nitrogen and oxygen atoms in total. The molecule has 0 saturated carbocycles. The third-order valence-corrected chi connectivity index (χ3v) is 8.26. The molecule has 0 aliphatic carbocycles. The van der Waals surface area contributed by atoms with Crippen LogP contribution in [0.4, 0.5) is 5.82 Å². The molecule has 2 aliphatic heterocycles. The van der Waals surface area contributed by atoms with Crippen molar-refractivity contribution in [2.75, 3.05) is 24.5 Å². The number of benzene rings is 1. The molecular weight excluding hydrogens is 500 g/mol. The Bertz CT molecular complexity index is 1500. The summed E-state index contributed by atoms with van der Waals surface area (Å²) in [6.45, 7) is 14.6. The van der Waals surface area contributed by atoms with E-state index >= 15 is 0 Å². The summed E-state index contributed by atoms with van der Waals surface area (Å²) < 4.78 is 2.24. The number of hydrogen-bond donors (Lipinski definition) is 3. The number of rotatable bonds is 9. The van der Waals surface area contributed by atoms with Gasteiger partial charge in [-0.2, -0.15) is 0 Å². The molecule has 8 heteroatoms. The lowest BCUT2D eigenvalue weighted by molar-refractivity contribution is -0.108. The van der Waals surface area contributed by atoms with Gasteiger partial charge in [-0.3, -0.25) is 9.59 Å². The van der Waals surface area contributed by atoms with Gasteiger partial charge >= 0.3 is 0 Å². The van der Waals surface area contributed by atoms with Gasteiger partial charge in [-0.15, -0.1) is 0 Å². The third-order valence-electron chi connectivity index (χ3n) is 8.26. The molecule has 2 bridgehead atoms. The molecule has 210 valence electrons. The van der Waals surface area contributed by atoms with Crippen molar-refractivity contribution in [3.8, 4) is 11.1 Å². The van der Waals surface area contributed by atoms with Gasteiger partial charge in [0.05, 0.1) is 0 Å². The smallest absolute Gasteiger partial charge is 0.252 e. The standard InChI is InChI=1S/C32H40N6O2/c1-19(2)37-16-22(5)31-28(32(40)35-13-21(4)20(3)9-23(6)36-18-39)10-25(11-29(31)37)24-7-8-30(34-14-24)38-17-26-12-27(38)15-33-26/h7-11,14,16,18-19,26-27,33H,12-13,15,17H2,1-6H3,(H,35,40)(H,36,39)/b21-20+,23-9-. The fourth-order valence-electron chi connectivity index (χ4n) is 5.96. The van der Waals surface area contributed by atoms with E-state index in [0.29, 0.717) is 30.6 Å². The molecule has 40 heavy (non-hydrogen) atoms. The van der Waals surface area contributed by atoms with E-state index in [-0.39, 0.29) is 11.9 Å². The average Bonchev–Trinajstić information content (AvgIpc) is 3.66. The van der Waals surface area contributed by atoms with Crippen molar-refractivity contribution in [3.05, 3.63) is 70.7 Å². The minimum atomic E-state index is -0.111. The molecule has 0 spiro atoms. The molecular formula is C32H40N6O2. The highest BCUT2D eigenvalue weighted by Gasteiger charge is 2.38. The molecule has 2 fully saturated rings. The Morgan fingerprint density at radius 1 is 1.20 bits per heavy atom. The second kappa shape index (κ2) is 11.3. The second-order valence-electron chi connectivity index (χ2n) is 11.5. The third kappa shape index (κ3) is 5.41. The van der Waals surface area contributed by atoms with Crippen LogP contribution in [0.3, 0.4) is 0 Å². The van der Waals surface area contributed by atoms with E-state index in [1.165, 1.54) is 6.42 Å². The predicted octanol–water partition coefficient (Wildman–Crippen LogP) is 4.86. The number of nitrogens with one attached hydrogen (secondary N) is 3. The van der Waals surface area contributed by atoms with Crippen molar-refractivity contribution < 1.29 is 9.59 Å². The van der Waals surface area contributed by atoms with Crippen LogP contribution in [0.1, 0.15) is 63.0 Å². The first-order valence-corrected chi connectivity index (χ1v) is 14.1. The molecule has 4 heterocycles. The van der Waals surface area contributed by atoms with Gasteiger partial charge in [-0.25, -0.2) is 4.98 Å². The van der Waals surface area contributed by atoms with E-state index in [0.717, 1.165) is 63.3 Å². The van der Waals surface area contributed by atoms with Crippen molar-refractivity contribution >= 4 is 29.0 Å². The number of amides is 2. The Labute approximate surface area is 236 Å². The van der Waals surface area contributed by atoms with E-state index in [2.05, 4.69) is 70.6 Å². The van der Waals surface area contributed by atoms with Crippen LogP contribution < -0.4 is 20.9 Å². The number of aryl methyl sites for hydroxylation is 1. The molecule has 0 radical (unpaired) electrons. The number of carbonyl (C=O) groups excluding carboxylic acids is 2. The molecule has 2 amide bonds. The minimum absolute atomic E-state index is 0.111. The summed E-state index contributed by atoms with van der Waals surface area (Å²) in [6.07, 6.45) is 7.82. The quantitative estimate of drug-likeness (QED) is 0.266. The highest BCUT2D eigenvalue weighted by atomic mass is 16.1. The minimum Gasteiger partial charge on any atom is -0.351 e. The largest absolute Gasteiger partial charge is 0.351 e. The number of aromatic nitrogens is 2. The molecule has 3 N–H and O–H groups in total. The number of hydrogen-bond acceptors (Lipinski definition) is 5. The average molecular weight is 541 g/mol. The Morgan fingerprint density at radius 2 is 2.00 bits per heavy atom. The lowest BCUT2D eigenvalue weighted by atomic mass is 9.98. The molecule has 2 saturated heterocycles. The van der Waals surface area contributed by atoms with Gasteiger partial charge in [0.15, 0.2) is 0 Å². The van der Waals surface area contributed by atoms with Crippen molar-refractivity contribution in [1.82, 2.24) is 25.5 Å². The van der Waals surface area contributed by atoms with Gasteiger partial charge in [0.2, 0.25) is 6.41 Å². The van der Waals surface area contributed by atoms with Crippen LogP contribution in [0.25, 0.3) is 22.0 Å². The zero-order valence-corrected chi connectivity index (χ0v) is 24.3. The fraction of sp³-hybridized carbons (Fsp3) is 0.406. The number of allylic oxidation sites excluding steroid dienone is 3. The molecule has 2 atom stereocenters. The number of anilines is 1. The van der Waals surface area contributed by atoms with E-state index in [4.69, 9.17) is 4.98 Å². The summed E-state index contributed by atoms with van der Waals surface area (Å²) in [6, 6.07) is 9.76. The Kier molecular flexibility index (Phi) is 7.81.